The van der Waals surface area contributed by atoms with Crippen molar-refractivity contribution >= 4 is 18.0 Å². The van der Waals surface area contributed by atoms with E-state index in [-0.39, 0.29) is 5.91 Å². The number of methoxy groups -OCH3 is 1. The van der Waals surface area contributed by atoms with Gasteiger partial charge in [0.2, 0.25) is 5.91 Å². The van der Waals surface area contributed by atoms with Gasteiger partial charge in [0, 0.05) is 13.6 Å². The highest BCUT2D eigenvalue weighted by molar-refractivity contribution is 5.96. The maximum atomic E-state index is 12.4. The van der Waals surface area contributed by atoms with Crippen LogP contribution in [0, 0.1) is 5.92 Å². The maximum absolute atomic E-state index is 12.4. The quantitative estimate of drug-likeness (QED) is 0.783. The average molecular weight is 300 g/mol. The normalized spacial score (nSPS) is 23.7. The van der Waals surface area contributed by atoms with Crippen LogP contribution in [0.2, 0.25) is 0 Å². The molecule has 1 rings (SSSR count). The first kappa shape index (κ1) is 17.3. The summed E-state index contributed by atoms with van der Waals surface area (Å²) < 4.78 is 9.91. The van der Waals surface area contributed by atoms with Gasteiger partial charge in [-0.05, 0) is 34.1 Å². The summed E-state index contributed by atoms with van der Waals surface area (Å²) in [6.07, 6.45) is -0.389. The number of amides is 2. The van der Waals surface area contributed by atoms with Crippen molar-refractivity contribution < 1.29 is 23.9 Å². The number of carbonyl (C=O) groups excluding carboxylic acids is 3. The van der Waals surface area contributed by atoms with Crippen molar-refractivity contribution in [2.75, 3.05) is 20.7 Å². The first-order chi connectivity index (χ1) is 9.53. The fourth-order valence-corrected chi connectivity index (χ4v) is 2.38. The number of alkyl carbamates (subject to hydrolysis) is 1. The molecular weight excluding hydrogens is 276 g/mol. The molecule has 1 saturated heterocycles. The van der Waals surface area contributed by atoms with E-state index in [0.29, 0.717) is 13.0 Å². The second-order valence-electron chi connectivity index (χ2n) is 6.32. The van der Waals surface area contributed by atoms with Gasteiger partial charge in [-0.15, -0.1) is 0 Å². The summed E-state index contributed by atoms with van der Waals surface area (Å²) in [7, 11) is 2.88. The topological polar surface area (TPSA) is 84.9 Å². The van der Waals surface area contributed by atoms with Crippen LogP contribution in [0.15, 0.2) is 0 Å². The lowest BCUT2D eigenvalue weighted by Gasteiger charge is -2.33. The highest BCUT2D eigenvalue weighted by Crippen LogP contribution is 2.31. The Kier molecular flexibility index (Phi) is 4.86. The molecule has 1 heterocycles. The van der Waals surface area contributed by atoms with Crippen LogP contribution in [-0.2, 0) is 19.1 Å². The molecule has 0 radical (unpaired) electrons. The van der Waals surface area contributed by atoms with Gasteiger partial charge in [0.15, 0.2) is 0 Å². The second kappa shape index (κ2) is 5.91. The Morgan fingerprint density at radius 3 is 2.33 bits per heavy atom. The Morgan fingerprint density at radius 1 is 1.38 bits per heavy atom. The molecular formula is C14H24N2O5. The molecule has 2 unspecified atom stereocenters. The SMILES string of the molecule is COC(=O)C(C)C1(NC(=O)OC(C)(C)C)CCN(C)C1=O. The van der Waals surface area contributed by atoms with Gasteiger partial charge in [-0.1, -0.05) is 0 Å². The fraction of sp³-hybridized carbons (Fsp3) is 0.786. The molecule has 120 valence electrons. The van der Waals surface area contributed by atoms with Gasteiger partial charge in [0.05, 0.1) is 13.0 Å². The first-order valence-corrected chi connectivity index (χ1v) is 6.88. The lowest BCUT2D eigenvalue weighted by atomic mass is 9.83. The lowest BCUT2D eigenvalue weighted by Crippen LogP contribution is -2.60. The molecule has 0 bridgehead atoms. The maximum Gasteiger partial charge on any atom is 0.408 e. The second-order valence-corrected chi connectivity index (χ2v) is 6.32. The summed E-state index contributed by atoms with van der Waals surface area (Å²) in [5, 5.41) is 2.59. The van der Waals surface area contributed by atoms with Gasteiger partial charge >= 0.3 is 12.1 Å². The summed E-state index contributed by atoms with van der Waals surface area (Å²) in [6, 6.07) is 0. The van der Waals surface area contributed by atoms with Crippen LogP contribution < -0.4 is 5.32 Å². The van der Waals surface area contributed by atoms with Gasteiger partial charge in [-0.3, -0.25) is 9.59 Å². The monoisotopic (exact) mass is 300 g/mol. The molecule has 1 aliphatic heterocycles. The van der Waals surface area contributed by atoms with E-state index in [9.17, 15) is 14.4 Å². The number of nitrogens with one attached hydrogen (secondary N) is 1. The van der Waals surface area contributed by atoms with Gasteiger partial charge in [-0.25, -0.2) is 4.79 Å². The number of ether oxygens (including phenoxy) is 2. The minimum Gasteiger partial charge on any atom is -0.469 e. The van der Waals surface area contributed by atoms with Crippen LogP contribution in [0.1, 0.15) is 34.1 Å². The Bertz CT molecular complexity index is 443. The van der Waals surface area contributed by atoms with E-state index in [4.69, 9.17) is 9.47 Å². The minimum atomic E-state index is -1.32. The number of hydrogen-bond acceptors (Lipinski definition) is 5. The van der Waals surface area contributed by atoms with E-state index in [1.807, 2.05) is 0 Å². The van der Waals surface area contributed by atoms with Crippen molar-refractivity contribution in [3.63, 3.8) is 0 Å². The highest BCUT2D eigenvalue weighted by Gasteiger charge is 2.54. The van der Waals surface area contributed by atoms with Crippen LogP contribution in [0.4, 0.5) is 4.79 Å². The Balaban J connectivity index is 3.02. The fourth-order valence-electron chi connectivity index (χ4n) is 2.38. The van der Waals surface area contributed by atoms with Crippen LogP contribution in [0.3, 0.4) is 0 Å². The number of rotatable bonds is 3. The van der Waals surface area contributed by atoms with Gasteiger partial charge < -0.3 is 19.7 Å². The number of likely N-dealkylation sites (tertiary alicyclic amines) is 1. The van der Waals surface area contributed by atoms with Crippen molar-refractivity contribution in [1.29, 1.82) is 0 Å². The van der Waals surface area contributed by atoms with Crippen LogP contribution in [0.25, 0.3) is 0 Å². The molecule has 2 amide bonds. The molecule has 0 aromatic rings. The molecule has 0 aromatic heterocycles. The Hall–Kier alpha value is -1.79. The van der Waals surface area contributed by atoms with Crippen LogP contribution in [-0.4, -0.2) is 54.7 Å². The Morgan fingerprint density at radius 2 is 1.95 bits per heavy atom. The molecule has 1 fully saturated rings. The largest absolute Gasteiger partial charge is 0.469 e. The zero-order valence-corrected chi connectivity index (χ0v) is 13.5. The van der Waals surface area contributed by atoms with E-state index in [1.165, 1.54) is 12.0 Å². The first-order valence-electron chi connectivity index (χ1n) is 6.88. The lowest BCUT2D eigenvalue weighted by molar-refractivity contribution is -0.151. The van der Waals surface area contributed by atoms with Crippen molar-refractivity contribution in [3.8, 4) is 0 Å². The molecule has 0 aromatic carbocycles. The summed E-state index contributed by atoms with van der Waals surface area (Å²) in [4.78, 5) is 37.8. The van der Waals surface area contributed by atoms with Crippen molar-refractivity contribution in [2.45, 2.75) is 45.3 Å². The smallest absolute Gasteiger partial charge is 0.408 e. The van der Waals surface area contributed by atoms with Crippen molar-refractivity contribution in [2.24, 2.45) is 5.92 Å². The molecule has 0 spiro atoms. The molecule has 7 heteroatoms. The van der Waals surface area contributed by atoms with Gasteiger partial charge in [0.1, 0.15) is 11.1 Å². The molecule has 2 atom stereocenters. The summed E-state index contributed by atoms with van der Waals surface area (Å²) >= 11 is 0. The summed E-state index contributed by atoms with van der Waals surface area (Å²) in [5.41, 5.74) is -2.00. The highest BCUT2D eigenvalue weighted by atomic mass is 16.6. The zero-order chi connectivity index (χ0) is 16.4. The molecule has 1 aliphatic rings. The van der Waals surface area contributed by atoms with Crippen LogP contribution >= 0.6 is 0 Å². The van der Waals surface area contributed by atoms with E-state index >= 15 is 0 Å². The van der Waals surface area contributed by atoms with E-state index in [1.54, 1.807) is 34.7 Å². The predicted molar refractivity (Wildman–Crippen MR) is 75.5 cm³/mol. The number of esters is 1. The van der Waals surface area contributed by atoms with E-state index < -0.39 is 29.1 Å². The standard InChI is InChI=1S/C14H24N2O5/c1-9(10(17)20-6)14(7-8-16(5)11(14)18)15-12(19)21-13(2,3)4/h9H,7-8H2,1-6H3,(H,15,19). The number of likely N-dealkylation sites (N-methyl/N-ethyl adjacent to an activating group) is 1. The molecule has 0 aliphatic carbocycles. The zero-order valence-electron chi connectivity index (χ0n) is 13.5. The third-order valence-corrected chi connectivity index (χ3v) is 3.59. The third kappa shape index (κ3) is 3.65. The Labute approximate surface area is 124 Å². The third-order valence-electron chi connectivity index (χ3n) is 3.59. The number of nitrogens with zero attached hydrogens (tertiary/aromatic N) is 1. The average Bonchev–Trinajstić information content (AvgIpc) is 2.64. The van der Waals surface area contributed by atoms with E-state index in [0.717, 1.165) is 0 Å². The number of carbonyl (C=O) groups is 3. The van der Waals surface area contributed by atoms with Crippen molar-refractivity contribution in [3.05, 3.63) is 0 Å². The van der Waals surface area contributed by atoms with Crippen LogP contribution in [0.5, 0.6) is 0 Å². The summed E-state index contributed by atoms with van der Waals surface area (Å²) in [6.45, 7) is 7.21. The molecule has 21 heavy (non-hydrogen) atoms. The molecule has 0 saturated carbocycles. The minimum absolute atomic E-state index is 0.314. The molecule has 1 N–H and O–H groups in total. The summed E-state index contributed by atoms with van der Waals surface area (Å²) in [5.74, 6) is -1.66. The van der Waals surface area contributed by atoms with E-state index in [2.05, 4.69) is 5.32 Å². The van der Waals surface area contributed by atoms with Crippen molar-refractivity contribution in [1.82, 2.24) is 10.2 Å². The predicted octanol–water partition coefficient (Wildman–Crippen LogP) is 0.921. The molecule has 7 nitrogen and oxygen atoms in total. The van der Waals surface area contributed by atoms with Gasteiger partial charge in [-0.2, -0.15) is 0 Å². The van der Waals surface area contributed by atoms with Gasteiger partial charge in [0.25, 0.3) is 0 Å². The number of hydrogen-bond donors (Lipinski definition) is 1.